The van der Waals surface area contributed by atoms with Crippen molar-refractivity contribution in [2.75, 3.05) is 11.6 Å². The first kappa shape index (κ1) is 17.1. The number of benzene rings is 1. The molecule has 0 radical (unpaired) electrons. The molecule has 1 aromatic carbocycles. The highest BCUT2D eigenvalue weighted by atomic mass is 35.5. The van der Waals surface area contributed by atoms with Crippen LogP contribution in [0, 0.1) is 0 Å². The van der Waals surface area contributed by atoms with E-state index in [0.29, 0.717) is 39.2 Å². The molecule has 0 spiro atoms. The van der Waals surface area contributed by atoms with Gasteiger partial charge in [0, 0.05) is 24.6 Å². The van der Waals surface area contributed by atoms with Crippen LogP contribution in [0.1, 0.15) is 5.82 Å². The summed E-state index contributed by atoms with van der Waals surface area (Å²) in [5, 5.41) is 0.696. The van der Waals surface area contributed by atoms with E-state index in [1.165, 1.54) is 0 Å². The molecule has 2 rings (SSSR count). The van der Waals surface area contributed by atoms with Gasteiger partial charge in [0.05, 0.1) is 21.1 Å². The summed E-state index contributed by atoms with van der Waals surface area (Å²) < 4.78 is 38.4. The first-order valence-corrected chi connectivity index (χ1v) is 8.20. The fourth-order valence-corrected chi connectivity index (χ4v) is 2.94. The fourth-order valence-electron chi connectivity index (χ4n) is 1.95. The molecule has 0 bridgehead atoms. The summed E-state index contributed by atoms with van der Waals surface area (Å²) in [6.07, 6.45) is 0.460. The average Bonchev–Trinajstić information content (AvgIpc) is 2.67. The number of nitrogens with zero attached hydrogens (tertiary/aromatic N) is 2. The predicted molar refractivity (Wildman–Crippen MR) is 82.7 cm³/mol. The van der Waals surface area contributed by atoms with Gasteiger partial charge in [-0.05, 0) is 23.9 Å². The summed E-state index contributed by atoms with van der Waals surface area (Å²) in [7, 11) is 0. The van der Waals surface area contributed by atoms with Crippen molar-refractivity contribution >= 4 is 57.6 Å². The second-order valence-electron chi connectivity index (χ2n) is 4.17. The fraction of sp³-hybridized carbons (Fsp3) is 0.417. The highest BCUT2D eigenvalue weighted by Crippen LogP contribution is 2.32. The zero-order chi connectivity index (χ0) is 15.6. The van der Waals surface area contributed by atoms with Gasteiger partial charge >= 0.3 is 5.51 Å². The standard InChI is InChI=1S/C12H10Cl3F3N2S/c13-2-1-11-19-9-5-7(14)8(15)6-10(9)20(11)3-4-21-12(16,17)18/h5-6H,1-4H2. The molecule has 0 aliphatic heterocycles. The van der Waals surface area contributed by atoms with Crippen molar-refractivity contribution < 1.29 is 13.2 Å². The Bertz CT molecular complexity index is 643. The largest absolute Gasteiger partial charge is 0.441 e. The van der Waals surface area contributed by atoms with Gasteiger partial charge in [0.15, 0.2) is 0 Å². The van der Waals surface area contributed by atoms with Gasteiger partial charge in [0.2, 0.25) is 0 Å². The number of imidazole rings is 1. The van der Waals surface area contributed by atoms with E-state index in [1.54, 1.807) is 16.7 Å². The Morgan fingerprint density at radius 3 is 2.48 bits per heavy atom. The summed E-state index contributed by atoms with van der Waals surface area (Å²) in [4.78, 5) is 4.36. The van der Waals surface area contributed by atoms with Gasteiger partial charge in [-0.25, -0.2) is 4.98 Å². The van der Waals surface area contributed by atoms with E-state index < -0.39 is 5.51 Å². The summed E-state index contributed by atoms with van der Waals surface area (Å²) in [5.74, 6) is 0.850. The molecular weight excluding hydrogens is 368 g/mol. The monoisotopic (exact) mass is 376 g/mol. The Morgan fingerprint density at radius 1 is 1.19 bits per heavy atom. The maximum absolute atomic E-state index is 12.2. The van der Waals surface area contributed by atoms with Crippen LogP contribution in [0.5, 0.6) is 0 Å². The average molecular weight is 378 g/mol. The lowest BCUT2D eigenvalue weighted by Gasteiger charge is -2.10. The highest BCUT2D eigenvalue weighted by Gasteiger charge is 2.27. The van der Waals surface area contributed by atoms with Crippen LogP contribution in [-0.4, -0.2) is 26.7 Å². The molecular formula is C12H10Cl3F3N2S. The molecule has 0 unspecified atom stereocenters. The zero-order valence-corrected chi connectivity index (χ0v) is 13.6. The third-order valence-electron chi connectivity index (χ3n) is 2.77. The summed E-state index contributed by atoms with van der Waals surface area (Å²) in [6, 6.07) is 3.21. The van der Waals surface area contributed by atoms with E-state index in [0.717, 1.165) is 0 Å². The lowest BCUT2D eigenvalue weighted by Crippen LogP contribution is -2.10. The molecule has 2 nitrogen and oxygen atoms in total. The van der Waals surface area contributed by atoms with E-state index in [2.05, 4.69) is 4.98 Å². The molecule has 116 valence electrons. The maximum atomic E-state index is 12.2. The molecule has 1 heterocycles. The van der Waals surface area contributed by atoms with Crippen molar-refractivity contribution in [2.45, 2.75) is 18.5 Å². The van der Waals surface area contributed by atoms with Gasteiger partial charge in [-0.2, -0.15) is 13.2 Å². The molecule has 0 amide bonds. The summed E-state index contributed by atoms with van der Waals surface area (Å²) in [6.45, 7) is 0.171. The van der Waals surface area contributed by atoms with Crippen molar-refractivity contribution in [3.8, 4) is 0 Å². The Balaban J connectivity index is 2.34. The van der Waals surface area contributed by atoms with E-state index >= 15 is 0 Å². The number of aromatic nitrogens is 2. The lowest BCUT2D eigenvalue weighted by atomic mass is 10.3. The van der Waals surface area contributed by atoms with E-state index in [4.69, 9.17) is 34.8 Å². The summed E-state index contributed by atoms with van der Waals surface area (Å²) in [5.41, 5.74) is -2.99. The SMILES string of the molecule is FC(F)(F)SCCn1c(CCCl)nc2cc(Cl)c(Cl)cc21. The minimum absolute atomic E-state index is 0.0661. The quantitative estimate of drug-likeness (QED) is 0.651. The van der Waals surface area contributed by atoms with Gasteiger partial charge in [-0.3, -0.25) is 0 Å². The molecule has 1 aromatic heterocycles. The number of halogens is 6. The first-order valence-electron chi connectivity index (χ1n) is 5.92. The molecule has 0 saturated heterocycles. The topological polar surface area (TPSA) is 17.8 Å². The number of rotatable bonds is 5. The minimum atomic E-state index is -4.25. The molecule has 0 N–H and O–H groups in total. The number of hydrogen-bond donors (Lipinski definition) is 0. The van der Waals surface area contributed by atoms with Crippen LogP contribution in [0.3, 0.4) is 0 Å². The Labute approximate surface area is 138 Å². The second kappa shape index (κ2) is 6.86. The Kier molecular flexibility index (Phi) is 5.57. The lowest BCUT2D eigenvalue weighted by molar-refractivity contribution is -0.0328. The van der Waals surface area contributed by atoms with Crippen LogP contribution in [0.4, 0.5) is 13.2 Å². The number of hydrogen-bond acceptors (Lipinski definition) is 2. The van der Waals surface area contributed by atoms with Gasteiger partial charge in [0.25, 0.3) is 0 Å². The van der Waals surface area contributed by atoms with Gasteiger partial charge in [0.1, 0.15) is 5.82 Å². The maximum Gasteiger partial charge on any atom is 0.441 e. The van der Waals surface area contributed by atoms with E-state index in [1.807, 2.05) is 0 Å². The third kappa shape index (κ3) is 4.34. The molecule has 0 saturated carbocycles. The zero-order valence-electron chi connectivity index (χ0n) is 10.6. The van der Waals surface area contributed by atoms with Crippen LogP contribution < -0.4 is 0 Å². The molecule has 0 aliphatic carbocycles. The molecule has 0 atom stereocenters. The predicted octanol–water partition coefficient (Wildman–Crippen LogP) is 5.38. The smallest absolute Gasteiger partial charge is 0.327 e. The number of aryl methyl sites for hydroxylation is 2. The van der Waals surface area contributed by atoms with Gasteiger partial charge in [-0.15, -0.1) is 11.6 Å². The molecule has 2 aromatic rings. The number of fused-ring (bicyclic) bond motifs is 1. The molecule has 9 heteroatoms. The molecule has 0 aliphatic rings. The Hall–Kier alpha value is -0.300. The molecule has 21 heavy (non-hydrogen) atoms. The van der Waals surface area contributed by atoms with Gasteiger partial charge < -0.3 is 4.57 Å². The third-order valence-corrected chi connectivity index (χ3v) is 4.39. The van der Waals surface area contributed by atoms with Crippen LogP contribution in [-0.2, 0) is 13.0 Å². The van der Waals surface area contributed by atoms with Crippen molar-refractivity contribution in [3.63, 3.8) is 0 Å². The number of alkyl halides is 4. The first-order chi connectivity index (χ1) is 9.81. The normalized spacial score (nSPS) is 12.3. The van der Waals surface area contributed by atoms with Gasteiger partial charge in [-0.1, -0.05) is 23.2 Å². The van der Waals surface area contributed by atoms with Crippen molar-refractivity contribution in [2.24, 2.45) is 0 Å². The van der Waals surface area contributed by atoms with Crippen LogP contribution >= 0.6 is 46.6 Å². The number of thioether (sulfide) groups is 1. The van der Waals surface area contributed by atoms with Crippen molar-refractivity contribution in [1.29, 1.82) is 0 Å². The van der Waals surface area contributed by atoms with E-state index in [9.17, 15) is 13.2 Å². The van der Waals surface area contributed by atoms with Crippen LogP contribution in [0.25, 0.3) is 11.0 Å². The Morgan fingerprint density at radius 2 is 1.86 bits per heavy atom. The van der Waals surface area contributed by atoms with Crippen molar-refractivity contribution in [3.05, 3.63) is 28.0 Å². The van der Waals surface area contributed by atoms with Crippen LogP contribution in [0.15, 0.2) is 12.1 Å². The highest BCUT2D eigenvalue weighted by molar-refractivity contribution is 8.00. The van der Waals surface area contributed by atoms with E-state index in [-0.39, 0.29) is 24.1 Å². The minimum Gasteiger partial charge on any atom is -0.327 e. The van der Waals surface area contributed by atoms with Crippen LogP contribution in [0.2, 0.25) is 10.0 Å². The molecule has 0 fully saturated rings. The summed E-state index contributed by atoms with van der Waals surface area (Å²) >= 11 is 17.5. The van der Waals surface area contributed by atoms with Crippen molar-refractivity contribution in [1.82, 2.24) is 9.55 Å². The second-order valence-corrected chi connectivity index (χ2v) is 6.52.